The highest BCUT2D eigenvalue weighted by Crippen LogP contribution is 2.53. The van der Waals surface area contributed by atoms with Gasteiger partial charge < -0.3 is 23.8 Å². The number of ether oxygens (including phenoxy) is 4. The molecule has 2 aromatic carbocycles. The summed E-state index contributed by atoms with van der Waals surface area (Å²) >= 11 is 0. The van der Waals surface area contributed by atoms with Crippen molar-refractivity contribution in [3.63, 3.8) is 0 Å². The van der Waals surface area contributed by atoms with Crippen LogP contribution >= 0.6 is 0 Å². The molecule has 0 bridgehead atoms. The lowest BCUT2D eigenvalue weighted by molar-refractivity contribution is -0.165. The predicted molar refractivity (Wildman–Crippen MR) is 129 cm³/mol. The fourth-order valence-electron chi connectivity index (χ4n) is 5.24. The van der Waals surface area contributed by atoms with Gasteiger partial charge in [-0.15, -0.1) is 0 Å². The Morgan fingerprint density at radius 2 is 1.74 bits per heavy atom. The molecule has 3 amide bonds. The topological polar surface area (TPSA) is 129 Å². The van der Waals surface area contributed by atoms with Crippen LogP contribution < -0.4 is 14.2 Å². The lowest BCUT2D eigenvalue weighted by atomic mass is 9.83. The summed E-state index contributed by atoms with van der Waals surface area (Å²) in [6, 6.07) is 6.26. The number of hydrogen-bond donors (Lipinski definition) is 0. The van der Waals surface area contributed by atoms with Crippen molar-refractivity contribution in [1.82, 2.24) is 9.80 Å². The number of fused-ring (bicyclic) bond motifs is 4. The zero-order valence-electron chi connectivity index (χ0n) is 21.3. The Kier molecular flexibility index (Phi) is 6.29. The van der Waals surface area contributed by atoms with Crippen LogP contribution in [0.2, 0.25) is 0 Å². The van der Waals surface area contributed by atoms with Crippen molar-refractivity contribution in [2.45, 2.75) is 52.5 Å². The Morgan fingerprint density at radius 1 is 1.05 bits per heavy atom. The number of piperazine rings is 1. The maximum absolute atomic E-state index is 13.4. The van der Waals surface area contributed by atoms with E-state index in [0.717, 1.165) is 4.90 Å². The quantitative estimate of drug-likeness (QED) is 0.438. The third-order valence-corrected chi connectivity index (χ3v) is 6.84. The molecule has 0 aromatic heterocycles. The molecule has 0 aliphatic carbocycles. The molecule has 0 spiro atoms. The number of imide groups is 1. The number of hydrogen-bond acceptors (Lipinski definition) is 9. The second kappa shape index (κ2) is 9.47. The first kappa shape index (κ1) is 25.2. The smallest absolute Gasteiger partial charge is 0.338 e. The zero-order chi connectivity index (χ0) is 27.3. The Hall–Kier alpha value is -4.41. The fourth-order valence-corrected chi connectivity index (χ4v) is 5.24. The van der Waals surface area contributed by atoms with Gasteiger partial charge in [0.05, 0.1) is 11.6 Å². The number of nitrogens with zero attached hydrogens (tertiary/aromatic N) is 2. The monoisotopic (exact) mass is 522 g/mol. The first-order valence-electron chi connectivity index (χ1n) is 12.1. The molecule has 0 saturated carbocycles. The number of carbonyl (C=O) groups excluding carboxylic acids is 5. The molecule has 198 valence electrons. The standard InChI is InChI=1S/C27H26N2O9/c1-13-23(36-15(3)31)22-18(25-24(13)37-16(4)38-25)10-19-26(33)28(14(2)30)11-21(32)29(19)20(22)12-35-27(34)17-8-6-5-7-9-17/h5-9,16,19-20H,10-12H2,1-4H3/t16?,19-,20+/m1/s1. The van der Waals surface area contributed by atoms with Crippen LogP contribution in [0, 0.1) is 6.92 Å². The summed E-state index contributed by atoms with van der Waals surface area (Å²) in [7, 11) is 0. The minimum absolute atomic E-state index is 0.0141. The van der Waals surface area contributed by atoms with E-state index in [0.29, 0.717) is 33.8 Å². The van der Waals surface area contributed by atoms with Gasteiger partial charge in [-0.2, -0.15) is 0 Å². The largest absolute Gasteiger partial charge is 0.460 e. The van der Waals surface area contributed by atoms with Crippen molar-refractivity contribution in [2.75, 3.05) is 13.2 Å². The molecule has 3 aliphatic rings. The summed E-state index contributed by atoms with van der Waals surface area (Å²) in [5, 5.41) is 0. The molecule has 0 radical (unpaired) electrons. The summed E-state index contributed by atoms with van der Waals surface area (Å²) in [4.78, 5) is 66.1. The van der Waals surface area contributed by atoms with Gasteiger partial charge >= 0.3 is 11.9 Å². The number of carbonyl (C=O) groups is 5. The van der Waals surface area contributed by atoms with Crippen molar-refractivity contribution in [3.05, 3.63) is 52.6 Å². The van der Waals surface area contributed by atoms with Crippen LogP contribution in [-0.2, 0) is 30.3 Å². The van der Waals surface area contributed by atoms with Gasteiger partial charge in [0.25, 0.3) is 5.91 Å². The van der Waals surface area contributed by atoms with Gasteiger partial charge in [0.15, 0.2) is 11.5 Å². The summed E-state index contributed by atoms with van der Waals surface area (Å²) in [5.74, 6) is -1.98. The predicted octanol–water partition coefficient (Wildman–Crippen LogP) is 2.08. The first-order chi connectivity index (χ1) is 18.1. The highest BCUT2D eigenvalue weighted by atomic mass is 16.7. The van der Waals surface area contributed by atoms with Gasteiger partial charge in [0.2, 0.25) is 18.1 Å². The second-order valence-electron chi connectivity index (χ2n) is 9.35. The number of amides is 3. The molecule has 0 N–H and O–H groups in total. The lowest BCUT2D eigenvalue weighted by Gasteiger charge is -2.47. The van der Waals surface area contributed by atoms with E-state index < -0.39 is 54.6 Å². The van der Waals surface area contributed by atoms with Crippen molar-refractivity contribution in [3.8, 4) is 17.2 Å². The van der Waals surface area contributed by atoms with Crippen LogP contribution in [0.25, 0.3) is 0 Å². The van der Waals surface area contributed by atoms with Crippen molar-refractivity contribution in [1.29, 1.82) is 0 Å². The Balaban J connectivity index is 1.66. The average molecular weight is 523 g/mol. The minimum Gasteiger partial charge on any atom is -0.460 e. The van der Waals surface area contributed by atoms with Crippen molar-refractivity contribution < 1.29 is 42.9 Å². The highest BCUT2D eigenvalue weighted by molar-refractivity contribution is 6.05. The Labute approximate surface area is 218 Å². The molecule has 3 heterocycles. The first-order valence-corrected chi connectivity index (χ1v) is 12.1. The normalized spacial score (nSPS) is 21.5. The maximum atomic E-state index is 13.4. The van der Waals surface area contributed by atoms with E-state index in [9.17, 15) is 24.0 Å². The fraction of sp³-hybridized carbons (Fsp3) is 0.370. The molecule has 1 fully saturated rings. The molecule has 11 nitrogen and oxygen atoms in total. The molecular weight excluding hydrogens is 496 g/mol. The molecule has 5 rings (SSSR count). The third-order valence-electron chi connectivity index (χ3n) is 6.84. The van der Waals surface area contributed by atoms with E-state index in [1.807, 2.05) is 0 Å². The van der Waals surface area contributed by atoms with Gasteiger partial charge in [0, 0.05) is 43.9 Å². The van der Waals surface area contributed by atoms with Crippen LogP contribution in [0.5, 0.6) is 17.2 Å². The second-order valence-corrected chi connectivity index (χ2v) is 9.35. The summed E-state index contributed by atoms with van der Waals surface area (Å²) in [6.45, 7) is 5.06. The van der Waals surface area contributed by atoms with E-state index in [4.69, 9.17) is 18.9 Å². The summed E-state index contributed by atoms with van der Waals surface area (Å²) in [5.41, 5.74) is 1.65. The van der Waals surface area contributed by atoms with Gasteiger partial charge in [0.1, 0.15) is 24.9 Å². The minimum atomic E-state index is -1.07. The third kappa shape index (κ3) is 4.13. The average Bonchev–Trinajstić information content (AvgIpc) is 3.28. The Bertz CT molecular complexity index is 1370. The van der Waals surface area contributed by atoms with E-state index >= 15 is 0 Å². The van der Waals surface area contributed by atoms with Crippen molar-refractivity contribution in [2.24, 2.45) is 0 Å². The van der Waals surface area contributed by atoms with Crippen LogP contribution in [0.4, 0.5) is 0 Å². The SMILES string of the molecule is CC(=O)Oc1c(C)c2c(c3c1[C@H](COC(=O)c1ccccc1)N1C(=O)CN(C(C)=O)C(=O)[C@H]1C3)OC(C)O2. The summed E-state index contributed by atoms with van der Waals surface area (Å²) < 4.78 is 23.0. The molecule has 2 aromatic rings. The molecule has 1 unspecified atom stereocenters. The van der Waals surface area contributed by atoms with Crippen LogP contribution in [-0.4, -0.2) is 64.9 Å². The maximum Gasteiger partial charge on any atom is 0.338 e. The van der Waals surface area contributed by atoms with E-state index in [1.165, 1.54) is 18.7 Å². The Morgan fingerprint density at radius 3 is 2.39 bits per heavy atom. The van der Waals surface area contributed by atoms with E-state index in [2.05, 4.69) is 0 Å². The molecule has 3 aliphatic heterocycles. The number of rotatable bonds is 4. The van der Waals surface area contributed by atoms with Gasteiger partial charge in [-0.1, -0.05) is 18.2 Å². The van der Waals surface area contributed by atoms with E-state index in [-0.39, 0.29) is 18.8 Å². The van der Waals surface area contributed by atoms with Crippen LogP contribution in [0.3, 0.4) is 0 Å². The van der Waals surface area contributed by atoms with Crippen LogP contribution in [0.15, 0.2) is 30.3 Å². The molecule has 38 heavy (non-hydrogen) atoms. The zero-order valence-corrected chi connectivity index (χ0v) is 21.3. The lowest BCUT2D eigenvalue weighted by Crippen LogP contribution is -2.64. The van der Waals surface area contributed by atoms with Gasteiger partial charge in [-0.3, -0.25) is 24.1 Å². The van der Waals surface area contributed by atoms with Gasteiger partial charge in [-0.25, -0.2) is 4.79 Å². The van der Waals surface area contributed by atoms with E-state index in [1.54, 1.807) is 44.2 Å². The molecule has 3 atom stereocenters. The highest BCUT2D eigenvalue weighted by Gasteiger charge is 2.51. The van der Waals surface area contributed by atoms with Gasteiger partial charge in [-0.05, 0) is 19.1 Å². The molecular formula is C27H26N2O9. The molecule has 1 saturated heterocycles. The summed E-state index contributed by atoms with van der Waals surface area (Å²) in [6.07, 6.45) is -0.662. The number of esters is 2. The van der Waals surface area contributed by atoms with Crippen molar-refractivity contribution >= 4 is 29.7 Å². The molecule has 11 heteroatoms. The number of benzene rings is 2. The van der Waals surface area contributed by atoms with Crippen LogP contribution in [0.1, 0.15) is 53.9 Å².